The molecular weight excluding hydrogens is 561 g/mol. The maximum absolute atomic E-state index is 2.53. The molecule has 11 rings (SSSR count). The molecule has 10 aromatic rings. The first-order chi connectivity index (χ1) is 22.1. The summed E-state index contributed by atoms with van der Waals surface area (Å²) in [5, 5.41) is 13.7. The Kier molecular flexibility index (Phi) is 4.27. The second-order valence-corrected chi connectivity index (χ2v) is 17.7. The molecule has 3 heterocycles. The van der Waals surface area contributed by atoms with Gasteiger partial charge in [0, 0.05) is 32.9 Å². The molecule has 210 valence electrons. The lowest BCUT2D eigenvalue weighted by Gasteiger charge is -2.21. The lowest BCUT2D eigenvalue weighted by Crippen LogP contribution is -2.49. The van der Waals surface area contributed by atoms with Crippen molar-refractivity contribution < 1.29 is 0 Å². The van der Waals surface area contributed by atoms with Crippen LogP contribution in [0.3, 0.4) is 0 Å². The SMILES string of the molecule is C[Si]1(C)c2cc(-n3c4cccc5ccc6cccc3c6c54)ccc2-c2ccc(-n3c4cccc5ccc6cccc3c6c54)cc21. The molecule has 2 nitrogen and oxygen atoms in total. The molecule has 0 radical (unpaired) electrons. The van der Waals surface area contributed by atoms with Crippen LogP contribution in [0.25, 0.3) is 87.7 Å². The summed E-state index contributed by atoms with van der Waals surface area (Å²) in [5.41, 5.74) is 10.5. The Morgan fingerprint density at radius 2 is 0.711 bits per heavy atom. The van der Waals surface area contributed by atoms with Gasteiger partial charge in [0.1, 0.15) is 8.07 Å². The molecule has 0 unspecified atom stereocenters. The number of benzene rings is 8. The Labute approximate surface area is 261 Å². The first kappa shape index (κ1) is 24.0. The van der Waals surface area contributed by atoms with Gasteiger partial charge in [-0.3, -0.25) is 0 Å². The molecular formula is C42H28N2Si. The Morgan fingerprint density at radius 3 is 1.04 bits per heavy atom. The Hall–Kier alpha value is -5.38. The molecule has 0 aliphatic carbocycles. The quantitative estimate of drug-likeness (QED) is 0.141. The van der Waals surface area contributed by atoms with E-state index in [0.29, 0.717) is 0 Å². The maximum atomic E-state index is 2.53. The highest BCUT2D eigenvalue weighted by Crippen LogP contribution is 2.41. The van der Waals surface area contributed by atoms with Crippen molar-refractivity contribution in [3.63, 3.8) is 0 Å². The lowest BCUT2D eigenvalue weighted by atomic mass is 10.0. The number of fused-ring (bicyclic) bond motifs is 3. The van der Waals surface area contributed by atoms with Gasteiger partial charge in [0.25, 0.3) is 0 Å². The molecule has 0 saturated heterocycles. The molecule has 1 aliphatic heterocycles. The minimum atomic E-state index is -2.01. The average molecular weight is 589 g/mol. The van der Waals surface area contributed by atoms with E-state index in [1.807, 2.05) is 0 Å². The van der Waals surface area contributed by atoms with Crippen molar-refractivity contribution in [2.75, 3.05) is 0 Å². The van der Waals surface area contributed by atoms with Crippen LogP contribution in [0, 0.1) is 0 Å². The summed E-state index contributed by atoms with van der Waals surface area (Å²) in [7, 11) is -2.01. The van der Waals surface area contributed by atoms with Crippen molar-refractivity contribution in [2.45, 2.75) is 13.1 Å². The van der Waals surface area contributed by atoms with Crippen molar-refractivity contribution >= 4 is 83.6 Å². The molecule has 0 atom stereocenters. The van der Waals surface area contributed by atoms with E-state index in [9.17, 15) is 0 Å². The molecule has 3 heteroatoms. The number of rotatable bonds is 2. The number of nitrogens with zero attached hydrogens (tertiary/aromatic N) is 2. The standard InChI is InChI=1S/C42H28N2Si/c1-45(2)37-23-29(43-33-11-3-7-25-15-16-26-8-4-12-34(43)40(26)39(25)33)19-21-31(37)32-22-20-30(24-38(32)45)44-35-13-5-9-27-17-18-28-10-6-14-36(44)42(28)41(27)35/h3-24H,1-2H3. The Balaban J connectivity index is 1.13. The van der Waals surface area contributed by atoms with Crippen LogP contribution in [-0.4, -0.2) is 17.2 Å². The van der Waals surface area contributed by atoms with E-state index in [2.05, 4.69) is 156 Å². The zero-order valence-corrected chi connectivity index (χ0v) is 26.1. The van der Waals surface area contributed by atoms with Crippen LogP contribution in [0.15, 0.2) is 133 Å². The monoisotopic (exact) mass is 588 g/mol. The molecule has 0 N–H and O–H groups in total. The van der Waals surface area contributed by atoms with E-state index < -0.39 is 8.07 Å². The first-order valence-corrected chi connectivity index (χ1v) is 18.9. The van der Waals surface area contributed by atoms with Gasteiger partial charge in [0.2, 0.25) is 0 Å². The zero-order chi connectivity index (χ0) is 29.6. The van der Waals surface area contributed by atoms with Crippen LogP contribution in [0.5, 0.6) is 0 Å². The van der Waals surface area contributed by atoms with E-state index in [1.54, 1.807) is 0 Å². The van der Waals surface area contributed by atoms with E-state index in [1.165, 1.54) is 98.0 Å². The molecule has 0 spiro atoms. The third-order valence-corrected chi connectivity index (χ3v) is 14.3. The molecule has 1 aliphatic rings. The third-order valence-electron chi connectivity index (χ3n) is 10.8. The number of hydrogen-bond donors (Lipinski definition) is 0. The van der Waals surface area contributed by atoms with Gasteiger partial charge >= 0.3 is 0 Å². The van der Waals surface area contributed by atoms with Gasteiger partial charge in [-0.15, -0.1) is 0 Å². The van der Waals surface area contributed by atoms with Gasteiger partial charge in [0.05, 0.1) is 22.1 Å². The predicted molar refractivity (Wildman–Crippen MR) is 195 cm³/mol. The van der Waals surface area contributed by atoms with Gasteiger partial charge in [-0.1, -0.05) is 98.0 Å². The van der Waals surface area contributed by atoms with Crippen LogP contribution in [0.4, 0.5) is 0 Å². The minimum absolute atomic E-state index is 1.26. The molecule has 0 bridgehead atoms. The summed E-state index contributed by atoms with van der Waals surface area (Å²) in [6.45, 7) is 5.07. The van der Waals surface area contributed by atoms with Gasteiger partial charge in [-0.2, -0.15) is 0 Å². The summed E-state index contributed by atoms with van der Waals surface area (Å²) in [4.78, 5) is 0. The van der Waals surface area contributed by atoms with Gasteiger partial charge < -0.3 is 9.13 Å². The summed E-state index contributed by atoms with van der Waals surface area (Å²) in [6.07, 6.45) is 0. The highest BCUT2D eigenvalue weighted by atomic mass is 28.3. The minimum Gasteiger partial charge on any atom is -0.309 e. The molecule has 0 saturated carbocycles. The smallest absolute Gasteiger partial charge is 0.114 e. The normalized spacial score (nSPS) is 14.2. The fraction of sp³-hybridized carbons (Fsp3) is 0.0476. The second kappa shape index (κ2) is 8.01. The van der Waals surface area contributed by atoms with E-state index >= 15 is 0 Å². The highest BCUT2D eigenvalue weighted by Gasteiger charge is 2.38. The molecule has 45 heavy (non-hydrogen) atoms. The molecule has 2 aromatic heterocycles. The Morgan fingerprint density at radius 1 is 0.378 bits per heavy atom. The van der Waals surface area contributed by atoms with E-state index in [0.717, 1.165) is 0 Å². The zero-order valence-electron chi connectivity index (χ0n) is 25.1. The summed E-state index contributed by atoms with van der Waals surface area (Å²) < 4.78 is 4.99. The highest BCUT2D eigenvalue weighted by molar-refractivity contribution is 7.03. The average Bonchev–Trinajstić information content (AvgIpc) is 3.68. The maximum Gasteiger partial charge on any atom is 0.114 e. The Bertz CT molecular complexity index is 2520. The second-order valence-electron chi connectivity index (χ2n) is 13.4. The molecule has 0 fully saturated rings. The fourth-order valence-electron chi connectivity index (χ4n) is 8.79. The van der Waals surface area contributed by atoms with Crippen molar-refractivity contribution in [2.24, 2.45) is 0 Å². The number of aromatic nitrogens is 2. The topological polar surface area (TPSA) is 9.86 Å². The van der Waals surface area contributed by atoms with Crippen LogP contribution in [0.1, 0.15) is 0 Å². The van der Waals surface area contributed by atoms with Crippen molar-refractivity contribution in [1.82, 2.24) is 9.13 Å². The third kappa shape index (κ3) is 2.86. The summed E-state index contributed by atoms with van der Waals surface area (Å²) in [6, 6.07) is 50.4. The largest absolute Gasteiger partial charge is 0.309 e. The van der Waals surface area contributed by atoms with Crippen molar-refractivity contribution in [1.29, 1.82) is 0 Å². The van der Waals surface area contributed by atoms with E-state index in [-0.39, 0.29) is 0 Å². The van der Waals surface area contributed by atoms with Crippen molar-refractivity contribution in [3.05, 3.63) is 133 Å². The van der Waals surface area contributed by atoms with Gasteiger partial charge in [-0.05, 0) is 91.6 Å². The van der Waals surface area contributed by atoms with Crippen LogP contribution in [-0.2, 0) is 0 Å². The predicted octanol–water partition coefficient (Wildman–Crippen LogP) is 9.87. The van der Waals surface area contributed by atoms with Crippen LogP contribution < -0.4 is 10.4 Å². The van der Waals surface area contributed by atoms with Crippen LogP contribution in [0.2, 0.25) is 13.1 Å². The lowest BCUT2D eigenvalue weighted by molar-refractivity contribution is 1.18. The fourth-order valence-corrected chi connectivity index (χ4v) is 11.9. The van der Waals surface area contributed by atoms with Gasteiger partial charge in [0.15, 0.2) is 0 Å². The summed E-state index contributed by atoms with van der Waals surface area (Å²) >= 11 is 0. The van der Waals surface area contributed by atoms with E-state index in [4.69, 9.17) is 0 Å². The first-order valence-electron chi connectivity index (χ1n) is 15.9. The molecule has 0 amide bonds. The van der Waals surface area contributed by atoms with Gasteiger partial charge in [-0.25, -0.2) is 0 Å². The molecule has 8 aromatic carbocycles. The van der Waals surface area contributed by atoms with Crippen molar-refractivity contribution in [3.8, 4) is 22.5 Å². The number of hydrogen-bond acceptors (Lipinski definition) is 0. The van der Waals surface area contributed by atoms with Crippen LogP contribution >= 0.6 is 0 Å². The summed E-state index contributed by atoms with van der Waals surface area (Å²) in [5.74, 6) is 0.